The van der Waals surface area contributed by atoms with Gasteiger partial charge in [-0.2, -0.15) is 5.26 Å². The molecule has 2 fully saturated rings. The van der Waals surface area contributed by atoms with E-state index in [-0.39, 0.29) is 0 Å². The standard InChI is InChI=1S/C26H29N5/c1-4-19(13-27)8-7-18(3)25-24(20-9-5-17(2)6-10-20)16-29-26(31-25)30-23-11-21-14-28-15-22(21)12-23/h4-10,16,21-23,28H,1,11-12,14-15H2,2-3H3,(H,29,30,31)/b18-7+,19-8+/t21-,22+,23+. The van der Waals surface area contributed by atoms with Gasteiger partial charge in [0.25, 0.3) is 0 Å². The molecule has 1 aliphatic carbocycles. The lowest BCUT2D eigenvalue weighted by Gasteiger charge is -2.16. The van der Waals surface area contributed by atoms with Crippen molar-refractivity contribution in [1.82, 2.24) is 15.3 Å². The number of hydrogen-bond donors (Lipinski definition) is 2. The van der Waals surface area contributed by atoms with Crippen molar-refractivity contribution >= 4 is 11.5 Å². The Labute approximate surface area is 184 Å². The van der Waals surface area contributed by atoms with E-state index in [9.17, 15) is 5.26 Å². The molecule has 1 aliphatic heterocycles. The fourth-order valence-electron chi connectivity index (χ4n) is 4.61. The molecular formula is C26H29N5. The number of hydrogen-bond acceptors (Lipinski definition) is 5. The van der Waals surface area contributed by atoms with E-state index in [0.29, 0.717) is 17.6 Å². The van der Waals surface area contributed by atoms with Crippen molar-refractivity contribution < 1.29 is 0 Å². The summed E-state index contributed by atoms with van der Waals surface area (Å²) in [7, 11) is 0. The molecule has 0 radical (unpaired) electrons. The average Bonchev–Trinajstić information content (AvgIpc) is 3.37. The Kier molecular flexibility index (Phi) is 6.29. The monoisotopic (exact) mass is 411 g/mol. The topological polar surface area (TPSA) is 73.6 Å². The first-order valence-corrected chi connectivity index (χ1v) is 10.9. The summed E-state index contributed by atoms with van der Waals surface area (Å²) >= 11 is 0. The van der Waals surface area contributed by atoms with E-state index >= 15 is 0 Å². The van der Waals surface area contributed by atoms with E-state index in [1.165, 1.54) is 18.4 Å². The second-order valence-electron chi connectivity index (χ2n) is 8.60. The first kappa shape index (κ1) is 21.0. The zero-order valence-electron chi connectivity index (χ0n) is 18.2. The van der Waals surface area contributed by atoms with E-state index in [4.69, 9.17) is 4.98 Å². The molecule has 31 heavy (non-hydrogen) atoms. The maximum Gasteiger partial charge on any atom is 0.223 e. The second kappa shape index (κ2) is 9.28. The molecule has 0 amide bonds. The van der Waals surface area contributed by atoms with Crippen molar-refractivity contribution in [2.45, 2.75) is 32.7 Å². The van der Waals surface area contributed by atoms with Crippen molar-refractivity contribution in [3.05, 3.63) is 72.1 Å². The van der Waals surface area contributed by atoms with Crippen molar-refractivity contribution in [2.75, 3.05) is 18.4 Å². The third kappa shape index (κ3) is 4.76. The van der Waals surface area contributed by atoms with E-state index < -0.39 is 0 Å². The van der Waals surface area contributed by atoms with Crippen molar-refractivity contribution in [3.63, 3.8) is 0 Å². The maximum atomic E-state index is 9.18. The lowest BCUT2D eigenvalue weighted by Crippen LogP contribution is -2.22. The van der Waals surface area contributed by atoms with Crippen LogP contribution in [-0.2, 0) is 0 Å². The SMILES string of the molecule is C=C/C(C#N)=C\C=C(/C)c1nc(N[C@@H]2C[C@H]3CNC[C@H]3C2)ncc1-c1ccc(C)cc1. The molecule has 2 N–H and O–H groups in total. The number of aromatic nitrogens is 2. The van der Waals surface area contributed by atoms with Gasteiger partial charge in [0.05, 0.1) is 17.3 Å². The number of benzene rings is 1. The predicted octanol–water partition coefficient (Wildman–Crippen LogP) is 4.90. The fourth-order valence-corrected chi connectivity index (χ4v) is 4.61. The highest BCUT2D eigenvalue weighted by Gasteiger charge is 2.37. The third-order valence-electron chi connectivity index (χ3n) is 6.37. The molecule has 1 saturated carbocycles. The van der Waals surface area contributed by atoms with Gasteiger partial charge in [0.15, 0.2) is 0 Å². The van der Waals surface area contributed by atoms with Gasteiger partial charge in [-0.15, -0.1) is 0 Å². The normalized spacial score (nSPS) is 23.3. The van der Waals surface area contributed by atoms with Crippen LogP contribution < -0.4 is 10.6 Å². The molecule has 1 aromatic carbocycles. The zero-order chi connectivity index (χ0) is 21.8. The molecule has 2 heterocycles. The van der Waals surface area contributed by atoms with Crippen molar-refractivity contribution in [1.29, 1.82) is 5.26 Å². The Balaban J connectivity index is 1.66. The van der Waals surface area contributed by atoms with E-state index in [1.54, 1.807) is 12.2 Å². The first-order chi connectivity index (χ1) is 15.1. The molecule has 158 valence electrons. The number of nitrogens with one attached hydrogen (secondary N) is 2. The van der Waals surface area contributed by atoms with Gasteiger partial charge in [-0.3, -0.25) is 0 Å². The highest BCUT2D eigenvalue weighted by molar-refractivity contribution is 5.79. The van der Waals surface area contributed by atoms with Crippen LogP contribution in [0.3, 0.4) is 0 Å². The lowest BCUT2D eigenvalue weighted by atomic mass is 10.00. The van der Waals surface area contributed by atoms with Gasteiger partial charge in [-0.05, 0) is 68.8 Å². The van der Waals surface area contributed by atoms with Crippen LogP contribution in [-0.4, -0.2) is 29.1 Å². The molecule has 5 heteroatoms. The molecule has 0 spiro atoms. The van der Waals surface area contributed by atoms with Crippen LogP contribution in [0.1, 0.15) is 31.0 Å². The van der Waals surface area contributed by atoms with Gasteiger partial charge in [-0.1, -0.05) is 48.6 Å². The summed E-state index contributed by atoms with van der Waals surface area (Å²) in [4.78, 5) is 9.57. The van der Waals surface area contributed by atoms with Gasteiger partial charge in [-0.25, -0.2) is 9.97 Å². The minimum Gasteiger partial charge on any atom is -0.351 e. The summed E-state index contributed by atoms with van der Waals surface area (Å²) in [6.07, 6.45) is 9.50. The maximum absolute atomic E-state index is 9.18. The van der Waals surface area contributed by atoms with E-state index in [0.717, 1.165) is 47.3 Å². The summed E-state index contributed by atoms with van der Waals surface area (Å²) in [6.45, 7) is 10.0. The smallest absolute Gasteiger partial charge is 0.223 e. The van der Waals surface area contributed by atoms with E-state index in [2.05, 4.69) is 59.5 Å². The van der Waals surface area contributed by atoms with Crippen LogP contribution in [0, 0.1) is 30.1 Å². The third-order valence-corrected chi connectivity index (χ3v) is 6.37. The largest absolute Gasteiger partial charge is 0.351 e. The zero-order valence-corrected chi connectivity index (χ0v) is 18.2. The highest BCUT2D eigenvalue weighted by atomic mass is 15.1. The van der Waals surface area contributed by atoms with E-state index in [1.807, 2.05) is 19.2 Å². The molecule has 5 nitrogen and oxygen atoms in total. The molecular weight excluding hydrogens is 382 g/mol. The number of allylic oxidation sites excluding steroid dienone is 5. The first-order valence-electron chi connectivity index (χ1n) is 10.9. The van der Waals surface area contributed by atoms with Gasteiger partial charge in [0.2, 0.25) is 5.95 Å². The lowest BCUT2D eigenvalue weighted by molar-refractivity contribution is 0.494. The molecule has 1 aromatic heterocycles. The fraction of sp³-hybridized carbons (Fsp3) is 0.346. The Hall–Kier alpha value is -3.23. The van der Waals surface area contributed by atoms with Crippen LogP contribution in [0.5, 0.6) is 0 Å². The molecule has 2 aromatic rings. The molecule has 3 atom stereocenters. The van der Waals surface area contributed by atoms with Crippen LogP contribution in [0.15, 0.2) is 60.8 Å². The van der Waals surface area contributed by atoms with Gasteiger partial charge >= 0.3 is 0 Å². The minimum atomic E-state index is 0.422. The Bertz CT molecular complexity index is 1050. The Morgan fingerprint density at radius 2 is 1.90 bits per heavy atom. The minimum absolute atomic E-state index is 0.422. The number of aryl methyl sites for hydroxylation is 1. The summed E-state index contributed by atoms with van der Waals surface area (Å²) in [5, 5.41) is 16.3. The number of fused-ring (bicyclic) bond motifs is 1. The summed E-state index contributed by atoms with van der Waals surface area (Å²) < 4.78 is 0. The highest BCUT2D eigenvalue weighted by Crippen LogP contribution is 2.36. The van der Waals surface area contributed by atoms with Gasteiger partial charge < -0.3 is 10.6 Å². The van der Waals surface area contributed by atoms with Crippen LogP contribution in [0.4, 0.5) is 5.95 Å². The number of rotatable bonds is 6. The Morgan fingerprint density at radius 1 is 1.19 bits per heavy atom. The number of nitriles is 1. The molecule has 2 aliphatic rings. The number of anilines is 1. The summed E-state index contributed by atoms with van der Waals surface area (Å²) in [5.41, 5.74) is 5.65. The molecule has 1 saturated heterocycles. The quantitative estimate of drug-likeness (QED) is 0.522. The molecule has 0 unspecified atom stereocenters. The molecule has 0 bridgehead atoms. The van der Waals surface area contributed by atoms with Gasteiger partial charge in [0.1, 0.15) is 0 Å². The predicted molar refractivity (Wildman–Crippen MR) is 126 cm³/mol. The molecule has 4 rings (SSSR count). The average molecular weight is 412 g/mol. The summed E-state index contributed by atoms with van der Waals surface area (Å²) in [6, 6.07) is 11.0. The van der Waals surface area contributed by atoms with Crippen LogP contribution >= 0.6 is 0 Å². The summed E-state index contributed by atoms with van der Waals surface area (Å²) in [5.74, 6) is 2.20. The van der Waals surface area contributed by atoms with Crippen molar-refractivity contribution in [3.8, 4) is 17.2 Å². The second-order valence-corrected chi connectivity index (χ2v) is 8.60. The van der Waals surface area contributed by atoms with Crippen molar-refractivity contribution in [2.24, 2.45) is 11.8 Å². The number of nitrogens with zero attached hydrogens (tertiary/aromatic N) is 3. The van der Waals surface area contributed by atoms with Crippen LogP contribution in [0.25, 0.3) is 16.7 Å². The van der Waals surface area contributed by atoms with Gasteiger partial charge in [0, 0.05) is 17.8 Å². The Morgan fingerprint density at radius 3 is 2.55 bits per heavy atom. The van der Waals surface area contributed by atoms with Crippen LogP contribution in [0.2, 0.25) is 0 Å².